The van der Waals surface area contributed by atoms with Crippen LogP contribution in [0.5, 0.6) is 0 Å². The largest absolute Gasteiger partial charge is 0.444 e. The van der Waals surface area contributed by atoms with Gasteiger partial charge in [0.05, 0.1) is 5.69 Å². The van der Waals surface area contributed by atoms with Crippen molar-refractivity contribution in [3.63, 3.8) is 0 Å². The molecule has 1 amide bonds. The molecule has 31 heavy (non-hydrogen) atoms. The lowest BCUT2D eigenvalue weighted by Gasteiger charge is -2.19. The zero-order valence-corrected chi connectivity index (χ0v) is 19.1. The fraction of sp³-hybridized carbons (Fsp3) is 0.273. The number of carbonyl (C=O) groups excluding carboxylic acids is 1. The van der Waals surface area contributed by atoms with Crippen LogP contribution in [0.1, 0.15) is 26.3 Å². The summed E-state index contributed by atoms with van der Waals surface area (Å²) in [5, 5.41) is 2.90. The standard InChI is InChI=1S/C22H24ClN3O4S/c1-22(2,3)30-21(27)24-12-11-16-13-19(17-7-5-4-6-8-17)26(15-16)31(28,29)18-9-10-20(23)25-14-18/h4-10,13-15H,11-12H2,1-3H3,(H,24,27). The first-order chi connectivity index (χ1) is 14.6. The predicted molar refractivity (Wildman–Crippen MR) is 120 cm³/mol. The Labute approximate surface area is 187 Å². The second-order valence-corrected chi connectivity index (χ2v) is 10.1. The molecule has 0 radical (unpaired) electrons. The Morgan fingerprint density at radius 1 is 1.16 bits per heavy atom. The zero-order chi connectivity index (χ0) is 22.6. The van der Waals surface area contributed by atoms with Gasteiger partial charge in [-0.1, -0.05) is 41.9 Å². The molecule has 7 nitrogen and oxygen atoms in total. The monoisotopic (exact) mass is 461 g/mol. The topological polar surface area (TPSA) is 90.3 Å². The van der Waals surface area contributed by atoms with Gasteiger partial charge in [-0.05, 0) is 56.5 Å². The molecule has 1 N–H and O–H groups in total. The van der Waals surface area contributed by atoms with Gasteiger partial charge in [-0.3, -0.25) is 0 Å². The van der Waals surface area contributed by atoms with E-state index in [4.69, 9.17) is 16.3 Å². The van der Waals surface area contributed by atoms with Crippen molar-refractivity contribution in [1.82, 2.24) is 14.3 Å². The van der Waals surface area contributed by atoms with Crippen molar-refractivity contribution in [2.45, 2.75) is 37.7 Å². The molecule has 0 spiro atoms. The maximum atomic E-state index is 13.3. The van der Waals surface area contributed by atoms with Gasteiger partial charge in [-0.2, -0.15) is 0 Å². The van der Waals surface area contributed by atoms with Crippen LogP contribution in [-0.2, 0) is 21.2 Å². The highest BCUT2D eigenvalue weighted by molar-refractivity contribution is 7.90. The fourth-order valence-electron chi connectivity index (χ4n) is 2.90. The summed E-state index contributed by atoms with van der Waals surface area (Å²) >= 11 is 5.80. The summed E-state index contributed by atoms with van der Waals surface area (Å²) in [4.78, 5) is 15.8. The van der Waals surface area contributed by atoms with E-state index in [0.717, 1.165) is 11.1 Å². The molecule has 0 saturated carbocycles. The Kier molecular flexibility index (Phi) is 6.71. The van der Waals surface area contributed by atoms with Gasteiger partial charge in [-0.15, -0.1) is 0 Å². The Morgan fingerprint density at radius 3 is 2.48 bits per heavy atom. The lowest BCUT2D eigenvalue weighted by atomic mass is 10.1. The Bertz CT molecular complexity index is 1150. The third-order valence-corrected chi connectivity index (χ3v) is 6.13. The van der Waals surface area contributed by atoms with Gasteiger partial charge in [0.1, 0.15) is 15.6 Å². The first kappa shape index (κ1) is 22.8. The summed E-state index contributed by atoms with van der Waals surface area (Å²) in [5.41, 5.74) is 1.43. The molecule has 0 atom stereocenters. The van der Waals surface area contributed by atoms with E-state index in [2.05, 4.69) is 10.3 Å². The minimum absolute atomic E-state index is 0.0307. The molecule has 0 bridgehead atoms. The number of hydrogen-bond donors (Lipinski definition) is 1. The lowest BCUT2D eigenvalue weighted by Crippen LogP contribution is -2.33. The number of hydrogen-bond acceptors (Lipinski definition) is 5. The molecule has 3 rings (SSSR count). The van der Waals surface area contributed by atoms with Crippen molar-refractivity contribution in [1.29, 1.82) is 0 Å². The minimum atomic E-state index is -3.90. The van der Waals surface area contributed by atoms with Gasteiger partial charge < -0.3 is 10.1 Å². The van der Waals surface area contributed by atoms with Crippen LogP contribution < -0.4 is 5.32 Å². The van der Waals surface area contributed by atoms with E-state index in [1.54, 1.807) is 33.0 Å². The summed E-state index contributed by atoms with van der Waals surface area (Å²) in [6, 6.07) is 13.9. The molecule has 0 aliphatic carbocycles. The van der Waals surface area contributed by atoms with Crippen LogP contribution in [0, 0.1) is 0 Å². The summed E-state index contributed by atoms with van der Waals surface area (Å²) in [6.45, 7) is 5.66. The van der Waals surface area contributed by atoms with E-state index in [9.17, 15) is 13.2 Å². The van der Waals surface area contributed by atoms with E-state index >= 15 is 0 Å². The molecule has 0 unspecified atom stereocenters. The normalized spacial score (nSPS) is 11.9. The highest BCUT2D eigenvalue weighted by atomic mass is 35.5. The number of carbonyl (C=O) groups is 1. The van der Waals surface area contributed by atoms with Crippen molar-refractivity contribution in [3.05, 3.63) is 71.6 Å². The number of nitrogens with zero attached hydrogens (tertiary/aromatic N) is 2. The number of alkyl carbamates (subject to hydrolysis) is 1. The maximum absolute atomic E-state index is 13.3. The molecule has 0 saturated heterocycles. The van der Waals surface area contributed by atoms with Gasteiger partial charge in [0.15, 0.2) is 0 Å². The summed E-state index contributed by atoms with van der Waals surface area (Å²) < 4.78 is 33.0. The number of aromatic nitrogens is 2. The van der Waals surface area contributed by atoms with Gasteiger partial charge in [0.2, 0.25) is 0 Å². The van der Waals surface area contributed by atoms with Crippen LogP contribution in [-0.4, -0.2) is 35.6 Å². The number of pyridine rings is 1. The molecular weight excluding hydrogens is 438 g/mol. The van der Waals surface area contributed by atoms with Crippen molar-refractivity contribution < 1.29 is 17.9 Å². The van der Waals surface area contributed by atoms with Crippen molar-refractivity contribution in [3.8, 4) is 11.3 Å². The van der Waals surface area contributed by atoms with Crippen LogP contribution in [0.2, 0.25) is 5.15 Å². The number of rotatable bonds is 6. The molecular formula is C22H24ClN3O4S. The number of benzene rings is 1. The van der Waals surface area contributed by atoms with E-state index < -0.39 is 21.7 Å². The summed E-state index contributed by atoms with van der Waals surface area (Å²) in [6.07, 6.45) is 2.70. The SMILES string of the molecule is CC(C)(C)OC(=O)NCCc1cc(-c2ccccc2)n(S(=O)(=O)c2ccc(Cl)nc2)c1. The molecule has 0 fully saturated rings. The second-order valence-electron chi connectivity index (χ2n) is 7.90. The maximum Gasteiger partial charge on any atom is 0.407 e. The highest BCUT2D eigenvalue weighted by Gasteiger charge is 2.22. The van der Waals surface area contributed by atoms with E-state index in [0.29, 0.717) is 18.7 Å². The summed E-state index contributed by atoms with van der Waals surface area (Å²) in [7, 11) is -3.90. The first-order valence-electron chi connectivity index (χ1n) is 9.67. The average Bonchev–Trinajstić information content (AvgIpc) is 3.13. The zero-order valence-electron chi connectivity index (χ0n) is 17.5. The third-order valence-electron chi connectivity index (χ3n) is 4.25. The van der Waals surface area contributed by atoms with Crippen LogP contribution in [0.25, 0.3) is 11.3 Å². The molecule has 3 aromatic rings. The van der Waals surface area contributed by atoms with Crippen molar-refractivity contribution in [2.24, 2.45) is 0 Å². The number of nitrogens with one attached hydrogen (secondary N) is 1. The Hall–Kier alpha value is -2.84. The summed E-state index contributed by atoms with van der Waals surface area (Å²) in [5.74, 6) is 0. The number of ether oxygens (including phenoxy) is 1. The predicted octanol–water partition coefficient (Wildman–Crippen LogP) is 4.51. The van der Waals surface area contributed by atoms with Crippen LogP contribution in [0.3, 0.4) is 0 Å². The Morgan fingerprint density at radius 2 is 1.87 bits per heavy atom. The van der Waals surface area contributed by atoms with Gasteiger partial charge in [0.25, 0.3) is 10.0 Å². The molecule has 2 heterocycles. The molecule has 2 aromatic heterocycles. The quantitative estimate of drug-likeness (QED) is 0.545. The van der Waals surface area contributed by atoms with Crippen molar-refractivity contribution >= 4 is 27.7 Å². The Balaban J connectivity index is 1.89. The van der Waals surface area contributed by atoms with E-state index in [-0.39, 0.29) is 10.0 Å². The smallest absolute Gasteiger partial charge is 0.407 e. The van der Waals surface area contributed by atoms with Gasteiger partial charge >= 0.3 is 6.09 Å². The third kappa shape index (κ3) is 5.86. The van der Waals surface area contributed by atoms with Gasteiger partial charge in [0, 0.05) is 18.9 Å². The van der Waals surface area contributed by atoms with Crippen molar-refractivity contribution in [2.75, 3.05) is 6.54 Å². The van der Waals surface area contributed by atoms with Crippen LogP contribution in [0.15, 0.2) is 65.8 Å². The number of amides is 1. The highest BCUT2D eigenvalue weighted by Crippen LogP contribution is 2.27. The lowest BCUT2D eigenvalue weighted by molar-refractivity contribution is 0.0528. The molecule has 9 heteroatoms. The molecule has 164 valence electrons. The average molecular weight is 462 g/mol. The number of halogens is 1. The first-order valence-corrected chi connectivity index (χ1v) is 11.5. The minimum Gasteiger partial charge on any atom is -0.444 e. The van der Waals surface area contributed by atoms with Gasteiger partial charge in [-0.25, -0.2) is 22.2 Å². The molecule has 1 aromatic carbocycles. The molecule has 0 aliphatic rings. The van der Waals surface area contributed by atoms with E-state index in [1.807, 2.05) is 30.3 Å². The van der Waals surface area contributed by atoms with E-state index in [1.165, 1.54) is 22.3 Å². The van der Waals surface area contributed by atoms with Crippen LogP contribution >= 0.6 is 11.6 Å². The van der Waals surface area contributed by atoms with Crippen LogP contribution in [0.4, 0.5) is 4.79 Å². The molecule has 0 aliphatic heterocycles. The second kappa shape index (κ2) is 9.11. The fourth-order valence-corrected chi connectivity index (χ4v) is 4.36.